The molecule has 5 nitrogen and oxygen atoms in total. The van der Waals surface area contributed by atoms with Crippen LogP contribution in [-0.4, -0.2) is 28.5 Å². The molecule has 0 saturated heterocycles. The number of methoxy groups -OCH3 is 1. The van der Waals surface area contributed by atoms with Crippen molar-refractivity contribution in [3.05, 3.63) is 45.1 Å². The largest absolute Gasteiger partial charge is 0.481 e. The Morgan fingerprint density at radius 1 is 1.32 bits per heavy atom. The highest BCUT2D eigenvalue weighted by molar-refractivity contribution is 6.34. The van der Waals surface area contributed by atoms with Crippen LogP contribution in [-0.2, 0) is 13.6 Å². The van der Waals surface area contributed by atoms with Crippen molar-refractivity contribution in [2.24, 2.45) is 7.05 Å². The molecule has 0 fully saturated rings. The predicted molar refractivity (Wildman–Crippen MR) is 87.6 cm³/mol. The van der Waals surface area contributed by atoms with Crippen LogP contribution in [0.25, 0.3) is 0 Å². The van der Waals surface area contributed by atoms with E-state index < -0.39 is 6.10 Å². The van der Waals surface area contributed by atoms with Gasteiger partial charge in [0.15, 0.2) is 0 Å². The molecule has 2 N–H and O–H groups in total. The molecule has 22 heavy (non-hydrogen) atoms. The number of aryl methyl sites for hydroxylation is 2. The van der Waals surface area contributed by atoms with E-state index in [2.05, 4.69) is 10.4 Å². The standard InChI is InChI=1S/C15H19Cl2N3O2/c1-9-13(15(22-3)20(2)19-9)7-18-8-14(21)10-4-11(16)6-12(17)5-10/h4-6,14,18,21H,7-8H2,1-3H3. The van der Waals surface area contributed by atoms with Crippen molar-refractivity contribution in [3.8, 4) is 5.88 Å². The minimum Gasteiger partial charge on any atom is -0.481 e. The number of nitrogens with one attached hydrogen (secondary N) is 1. The number of nitrogens with zero attached hydrogens (tertiary/aromatic N) is 2. The summed E-state index contributed by atoms with van der Waals surface area (Å²) in [6.07, 6.45) is -0.695. The summed E-state index contributed by atoms with van der Waals surface area (Å²) in [5.41, 5.74) is 2.55. The SMILES string of the molecule is COc1c(CNCC(O)c2cc(Cl)cc(Cl)c2)c(C)nn1C. The maximum Gasteiger partial charge on any atom is 0.216 e. The van der Waals surface area contributed by atoms with Crippen LogP contribution in [0.4, 0.5) is 0 Å². The Bertz CT molecular complexity index is 638. The first-order chi connectivity index (χ1) is 10.4. The fourth-order valence-corrected chi connectivity index (χ4v) is 2.90. The second-order valence-corrected chi connectivity index (χ2v) is 5.92. The third-order valence-corrected chi connectivity index (χ3v) is 3.83. The Labute approximate surface area is 139 Å². The smallest absolute Gasteiger partial charge is 0.216 e. The van der Waals surface area contributed by atoms with Gasteiger partial charge in [-0.25, -0.2) is 4.68 Å². The molecule has 1 atom stereocenters. The second-order valence-electron chi connectivity index (χ2n) is 5.05. The van der Waals surface area contributed by atoms with Gasteiger partial charge in [0.25, 0.3) is 0 Å². The number of rotatable bonds is 6. The lowest BCUT2D eigenvalue weighted by Crippen LogP contribution is -2.21. The molecule has 1 unspecified atom stereocenters. The molecule has 1 heterocycles. The van der Waals surface area contributed by atoms with Crippen molar-refractivity contribution >= 4 is 23.2 Å². The maximum atomic E-state index is 10.2. The molecule has 0 radical (unpaired) electrons. The molecule has 0 amide bonds. The zero-order chi connectivity index (χ0) is 16.3. The molecule has 1 aromatic heterocycles. The van der Waals surface area contributed by atoms with E-state index in [1.54, 1.807) is 30.0 Å². The van der Waals surface area contributed by atoms with E-state index in [9.17, 15) is 5.11 Å². The summed E-state index contributed by atoms with van der Waals surface area (Å²) < 4.78 is 7.03. The average Bonchev–Trinajstić information content (AvgIpc) is 2.71. The lowest BCUT2D eigenvalue weighted by atomic mass is 10.1. The summed E-state index contributed by atoms with van der Waals surface area (Å²) in [5, 5.41) is 18.7. The molecule has 0 aliphatic carbocycles. The Morgan fingerprint density at radius 3 is 2.55 bits per heavy atom. The predicted octanol–water partition coefficient (Wildman–Crippen LogP) is 2.87. The molecule has 0 aliphatic rings. The number of aliphatic hydroxyl groups excluding tert-OH is 1. The van der Waals surface area contributed by atoms with Gasteiger partial charge in [-0.1, -0.05) is 23.2 Å². The van der Waals surface area contributed by atoms with Crippen molar-refractivity contribution in [2.75, 3.05) is 13.7 Å². The van der Waals surface area contributed by atoms with Crippen LogP contribution >= 0.6 is 23.2 Å². The normalized spacial score (nSPS) is 12.5. The molecular weight excluding hydrogens is 325 g/mol. The third-order valence-electron chi connectivity index (χ3n) is 3.39. The molecule has 2 rings (SSSR count). The number of hydrogen-bond donors (Lipinski definition) is 2. The fourth-order valence-electron chi connectivity index (χ4n) is 2.36. The molecular formula is C15H19Cl2N3O2. The number of ether oxygens (including phenoxy) is 1. The Hall–Kier alpha value is -1.27. The van der Waals surface area contributed by atoms with Crippen LogP contribution in [0, 0.1) is 6.92 Å². The summed E-state index contributed by atoms with van der Waals surface area (Å²) in [6.45, 7) is 2.84. The summed E-state index contributed by atoms with van der Waals surface area (Å²) >= 11 is 11.9. The molecule has 0 bridgehead atoms. The highest BCUT2D eigenvalue weighted by Crippen LogP contribution is 2.24. The molecule has 120 valence electrons. The van der Waals surface area contributed by atoms with Crippen molar-refractivity contribution < 1.29 is 9.84 Å². The van der Waals surface area contributed by atoms with Crippen LogP contribution in [0.15, 0.2) is 18.2 Å². The van der Waals surface area contributed by atoms with E-state index in [4.69, 9.17) is 27.9 Å². The van der Waals surface area contributed by atoms with Gasteiger partial charge >= 0.3 is 0 Å². The van der Waals surface area contributed by atoms with E-state index in [1.807, 2.05) is 14.0 Å². The Balaban J connectivity index is 1.99. The van der Waals surface area contributed by atoms with Crippen molar-refractivity contribution in [3.63, 3.8) is 0 Å². The van der Waals surface area contributed by atoms with E-state index in [-0.39, 0.29) is 0 Å². The van der Waals surface area contributed by atoms with E-state index in [1.165, 1.54) is 0 Å². The molecule has 0 saturated carbocycles. The molecule has 0 aliphatic heterocycles. The van der Waals surface area contributed by atoms with Gasteiger partial charge in [-0.3, -0.25) is 0 Å². The average molecular weight is 344 g/mol. The highest BCUT2D eigenvalue weighted by atomic mass is 35.5. The topological polar surface area (TPSA) is 59.3 Å². The zero-order valence-corrected chi connectivity index (χ0v) is 14.2. The number of halogens is 2. The quantitative estimate of drug-likeness (QED) is 0.846. The number of hydrogen-bond acceptors (Lipinski definition) is 4. The first-order valence-electron chi connectivity index (χ1n) is 6.83. The Morgan fingerprint density at radius 2 is 1.95 bits per heavy atom. The molecule has 1 aromatic carbocycles. The second kappa shape index (κ2) is 7.33. The maximum absolute atomic E-state index is 10.2. The van der Waals surface area contributed by atoms with E-state index in [0.717, 1.165) is 11.3 Å². The van der Waals surface area contributed by atoms with E-state index >= 15 is 0 Å². The molecule has 2 aromatic rings. The summed E-state index contributed by atoms with van der Waals surface area (Å²) in [5.74, 6) is 0.713. The van der Waals surface area contributed by atoms with Crippen LogP contribution in [0.5, 0.6) is 5.88 Å². The Kier molecular flexibility index (Phi) is 5.69. The van der Waals surface area contributed by atoms with Crippen molar-refractivity contribution in [1.82, 2.24) is 15.1 Å². The number of benzene rings is 1. The van der Waals surface area contributed by atoms with Gasteiger partial charge in [-0.15, -0.1) is 0 Å². The molecule has 7 heteroatoms. The van der Waals surface area contributed by atoms with Gasteiger partial charge in [0.05, 0.1) is 24.5 Å². The van der Waals surface area contributed by atoms with Gasteiger partial charge in [-0.05, 0) is 30.7 Å². The monoisotopic (exact) mass is 343 g/mol. The zero-order valence-electron chi connectivity index (χ0n) is 12.7. The fraction of sp³-hybridized carbons (Fsp3) is 0.400. The van der Waals surface area contributed by atoms with Gasteiger partial charge < -0.3 is 15.2 Å². The first-order valence-corrected chi connectivity index (χ1v) is 7.59. The van der Waals surface area contributed by atoms with Crippen LogP contribution < -0.4 is 10.1 Å². The number of aliphatic hydroxyl groups is 1. The highest BCUT2D eigenvalue weighted by Gasteiger charge is 2.14. The lowest BCUT2D eigenvalue weighted by Gasteiger charge is -2.13. The van der Waals surface area contributed by atoms with Gasteiger partial charge in [0.1, 0.15) is 0 Å². The minimum atomic E-state index is -0.695. The van der Waals surface area contributed by atoms with Crippen LogP contribution in [0.2, 0.25) is 10.0 Å². The third kappa shape index (κ3) is 3.93. The van der Waals surface area contributed by atoms with Crippen LogP contribution in [0.1, 0.15) is 22.9 Å². The number of aromatic nitrogens is 2. The molecule has 0 spiro atoms. The first kappa shape index (κ1) is 17.1. The summed E-state index contributed by atoms with van der Waals surface area (Å²) in [6, 6.07) is 5.04. The lowest BCUT2D eigenvalue weighted by molar-refractivity contribution is 0.174. The van der Waals surface area contributed by atoms with Crippen molar-refractivity contribution in [1.29, 1.82) is 0 Å². The van der Waals surface area contributed by atoms with Gasteiger partial charge in [-0.2, -0.15) is 5.10 Å². The van der Waals surface area contributed by atoms with Gasteiger partial charge in [0.2, 0.25) is 5.88 Å². The summed E-state index contributed by atoms with van der Waals surface area (Å²) in [4.78, 5) is 0. The summed E-state index contributed by atoms with van der Waals surface area (Å²) in [7, 11) is 3.45. The minimum absolute atomic E-state index is 0.369. The van der Waals surface area contributed by atoms with E-state index in [0.29, 0.717) is 34.6 Å². The van der Waals surface area contributed by atoms with Crippen LogP contribution in [0.3, 0.4) is 0 Å². The van der Waals surface area contributed by atoms with Gasteiger partial charge in [0, 0.05) is 30.2 Å². The van der Waals surface area contributed by atoms with Crippen molar-refractivity contribution in [2.45, 2.75) is 19.6 Å².